The zero-order valence-electron chi connectivity index (χ0n) is 17.2. The van der Waals surface area contributed by atoms with E-state index in [4.69, 9.17) is 14.2 Å². The molecule has 0 aliphatic carbocycles. The van der Waals surface area contributed by atoms with Crippen molar-refractivity contribution >= 4 is 17.4 Å². The number of aromatic nitrogens is 2. The van der Waals surface area contributed by atoms with E-state index in [1.165, 1.54) is 0 Å². The number of amides is 1. The molecule has 4 rings (SSSR count). The van der Waals surface area contributed by atoms with Gasteiger partial charge in [0.2, 0.25) is 0 Å². The van der Waals surface area contributed by atoms with Crippen LogP contribution < -0.4 is 19.3 Å². The molecule has 9 nitrogen and oxygen atoms in total. The van der Waals surface area contributed by atoms with Crippen LogP contribution in [-0.2, 0) is 9.53 Å². The maximum absolute atomic E-state index is 12.5. The monoisotopic (exact) mass is 413 g/mol. The predicted octanol–water partition coefficient (Wildman–Crippen LogP) is 1.05. The number of nitrogens with zero attached hydrogens (tertiary/aromatic N) is 5. The molecule has 2 aliphatic rings. The molecule has 1 amide bonds. The lowest BCUT2D eigenvalue weighted by atomic mass is 10.2. The third kappa shape index (κ3) is 4.91. The molecular formula is C21H27N5O4. The van der Waals surface area contributed by atoms with E-state index in [0.717, 1.165) is 37.7 Å². The first-order valence-corrected chi connectivity index (χ1v) is 10.2. The van der Waals surface area contributed by atoms with E-state index in [1.807, 2.05) is 23.1 Å². The minimum Gasteiger partial charge on any atom is -0.497 e. The van der Waals surface area contributed by atoms with Gasteiger partial charge in [-0.3, -0.25) is 4.79 Å². The number of hydrogen-bond acceptors (Lipinski definition) is 8. The molecule has 1 aromatic carbocycles. The van der Waals surface area contributed by atoms with Crippen molar-refractivity contribution < 1.29 is 19.0 Å². The molecule has 0 N–H and O–H groups in total. The summed E-state index contributed by atoms with van der Waals surface area (Å²) in [6, 6.07) is 9.34. The zero-order chi connectivity index (χ0) is 20.8. The van der Waals surface area contributed by atoms with Gasteiger partial charge in [0.1, 0.15) is 11.5 Å². The van der Waals surface area contributed by atoms with Gasteiger partial charge in [-0.05, 0) is 12.1 Å². The number of carbonyl (C=O) groups is 1. The van der Waals surface area contributed by atoms with Crippen LogP contribution in [-0.4, -0.2) is 87.2 Å². The molecule has 0 saturated carbocycles. The summed E-state index contributed by atoms with van der Waals surface area (Å²) < 4.78 is 16.2. The largest absolute Gasteiger partial charge is 0.497 e. The summed E-state index contributed by atoms with van der Waals surface area (Å²) in [6.07, 6.45) is 1.79. The quantitative estimate of drug-likeness (QED) is 0.695. The number of anilines is 2. The highest BCUT2D eigenvalue weighted by Crippen LogP contribution is 2.22. The van der Waals surface area contributed by atoms with E-state index in [2.05, 4.69) is 26.1 Å². The number of methoxy groups -OCH3 is 1. The number of morpholine rings is 1. The Kier molecular flexibility index (Phi) is 6.48. The molecule has 2 aromatic rings. The van der Waals surface area contributed by atoms with Crippen molar-refractivity contribution in [3.63, 3.8) is 0 Å². The molecule has 2 saturated heterocycles. The first-order valence-electron chi connectivity index (χ1n) is 10.2. The molecule has 0 bridgehead atoms. The van der Waals surface area contributed by atoms with Gasteiger partial charge in [0.05, 0.1) is 32.2 Å². The van der Waals surface area contributed by atoms with Crippen molar-refractivity contribution in [2.24, 2.45) is 0 Å². The molecule has 0 unspecified atom stereocenters. The van der Waals surface area contributed by atoms with Crippen molar-refractivity contribution in [1.82, 2.24) is 15.1 Å². The number of ether oxygens (including phenoxy) is 3. The second kappa shape index (κ2) is 9.62. The van der Waals surface area contributed by atoms with Crippen molar-refractivity contribution in [2.75, 3.05) is 76.0 Å². The minimum absolute atomic E-state index is 0.0145. The molecule has 3 heterocycles. The highest BCUT2D eigenvalue weighted by atomic mass is 16.5. The van der Waals surface area contributed by atoms with E-state index in [0.29, 0.717) is 37.8 Å². The van der Waals surface area contributed by atoms with Crippen LogP contribution in [0.25, 0.3) is 0 Å². The third-order valence-electron chi connectivity index (χ3n) is 5.36. The second-order valence-corrected chi connectivity index (χ2v) is 7.21. The summed E-state index contributed by atoms with van der Waals surface area (Å²) in [5, 5.41) is 8.45. The summed E-state index contributed by atoms with van der Waals surface area (Å²) in [5.74, 6) is 2.19. The van der Waals surface area contributed by atoms with Crippen LogP contribution in [0.5, 0.6) is 11.5 Å². The van der Waals surface area contributed by atoms with Crippen molar-refractivity contribution in [1.29, 1.82) is 0 Å². The smallest absolute Gasteiger partial charge is 0.260 e. The second-order valence-electron chi connectivity index (χ2n) is 7.21. The summed E-state index contributed by atoms with van der Waals surface area (Å²) in [6.45, 7) is 5.89. The lowest BCUT2D eigenvalue weighted by Crippen LogP contribution is -2.50. The van der Waals surface area contributed by atoms with Gasteiger partial charge < -0.3 is 28.9 Å². The van der Waals surface area contributed by atoms with Crippen molar-refractivity contribution in [3.8, 4) is 11.5 Å². The topological polar surface area (TPSA) is 80.3 Å². The van der Waals surface area contributed by atoms with Gasteiger partial charge in [-0.2, -0.15) is 5.10 Å². The van der Waals surface area contributed by atoms with Crippen LogP contribution in [0.2, 0.25) is 0 Å². The Balaban J connectivity index is 1.28. The minimum atomic E-state index is -0.0145. The Morgan fingerprint density at radius 1 is 1.03 bits per heavy atom. The third-order valence-corrected chi connectivity index (χ3v) is 5.36. The number of piperazine rings is 1. The molecular weight excluding hydrogens is 386 g/mol. The fraction of sp³-hybridized carbons (Fsp3) is 0.476. The summed E-state index contributed by atoms with van der Waals surface area (Å²) >= 11 is 0. The molecule has 2 aliphatic heterocycles. The molecule has 2 fully saturated rings. The first-order chi connectivity index (χ1) is 14.7. The van der Waals surface area contributed by atoms with E-state index in [-0.39, 0.29) is 12.5 Å². The summed E-state index contributed by atoms with van der Waals surface area (Å²) in [7, 11) is 1.60. The van der Waals surface area contributed by atoms with E-state index in [9.17, 15) is 4.79 Å². The van der Waals surface area contributed by atoms with Crippen LogP contribution >= 0.6 is 0 Å². The Morgan fingerprint density at radius 2 is 1.80 bits per heavy atom. The van der Waals surface area contributed by atoms with Crippen LogP contribution in [0, 0.1) is 0 Å². The molecule has 0 spiro atoms. The number of benzene rings is 1. The number of hydrogen-bond donors (Lipinski definition) is 0. The SMILES string of the molecule is COc1cccc(OCC(=O)N2CCN(c3cnnc(N4CCOCC4)c3)CC2)c1. The van der Waals surface area contributed by atoms with E-state index >= 15 is 0 Å². The van der Waals surface area contributed by atoms with Gasteiger partial charge in [0, 0.05) is 51.4 Å². The molecule has 0 atom stereocenters. The zero-order valence-corrected chi connectivity index (χ0v) is 17.2. The maximum Gasteiger partial charge on any atom is 0.260 e. The van der Waals surface area contributed by atoms with Gasteiger partial charge in [0.15, 0.2) is 12.4 Å². The average Bonchev–Trinajstić information content (AvgIpc) is 2.83. The molecule has 0 radical (unpaired) electrons. The Morgan fingerprint density at radius 3 is 2.57 bits per heavy atom. The molecule has 1 aromatic heterocycles. The predicted molar refractivity (Wildman–Crippen MR) is 112 cm³/mol. The maximum atomic E-state index is 12.5. The van der Waals surface area contributed by atoms with Crippen molar-refractivity contribution in [3.05, 3.63) is 36.5 Å². The first kappa shape index (κ1) is 20.2. The highest BCUT2D eigenvalue weighted by Gasteiger charge is 2.23. The Hall–Kier alpha value is -3.07. The Labute approximate surface area is 176 Å². The van der Waals surface area contributed by atoms with Crippen LogP contribution in [0.3, 0.4) is 0 Å². The normalized spacial score (nSPS) is 17.0. The van der Waals surface area contributed by atoms with Gasteiger partial charge in [-0.25, -0.2) is 0 Å². The lowest BCUT2D eigenvalue weighted by molar-refractivity contribution is -0.133. The number of rotatable bonds is 6. The van der Waals surface area contributed by atoms with Gasteiger partial charge >= 0.3 is 0 Å². The van der Waals surface area contributed by atoms with Crippen LogP contribution in [0.4, 0.5) is 11.5 Å². The van der Waals surface area contributed by atoms with E-state index < -0.39 is 0 Å². The average molecular weight is 413 g/mol. The summed E-state index contributed by atoms with van der Waals surface area (Å²) in [5.41, 5.74) is 1.03. The fourth-order valence-corrected chi connectivity index (χ4v) is 3.61. The van der Waals surface area contributed by atoms with Crippen LogP contribution in [0.15, 0.2) is 36.5 Å². The standard InChI is InChI=1S/C21H27N5O4/c1-28-18-3-2-4-19(14-18)30-16-21(27)26-7-5-24(6-8-26)17-13-20(23-22-15-17)25-9-11-29-12-10-25/h2-4,13-15H,5-12,16H2,1H3. The van der Waals surface area contributed by atoms with Gasteiger partial charge in [-0.1, -0.05) is 6.07 Å². The lowest BCUT2D eigenvalue weighted by Gasteiger charge is -2.36. The molecule has 160 valence electrons. The van der Waals surface area contributed by atoms with Gasteiger partial charge in [-0.15, -0.1) is 5.10 Å². The molecule has 30 heavy (non-hydrogen) atoms. The van der Waals surface area contributed by atoms with Crippen LogP contribution in [0.1, 0.15) is 0 Å². The van der Waals surface area contributed by atoms with Crippen molar-refractivity contribution in [2.45, 2.75) is 0 Å². The van der Waals surface area contributed by atoms with Gasteiger partial charge in [0.25, 0.3) is 5.91 Å². The summed E-state index contributed by atoms with van der Waals surface area (Å²) in [4.78, 5) is 18.8. The van der Waals surface area contributed by atoms with E-state index in [1.54, 1.807) is 19.4 Å². The Bertz CT molecular complexity index is 851. The highest BCUT2D eigenvalue weighted by molar-refractivity contribution is 5.78. The molecule has 9 heteroatoms. The fourth-order valence-electron chi connectivity index (χ4n) is 3.61. The number of carbonyl (C=O) groups excluding carboxylic acids is 1.